The predicted molar refractivity (Wildman–Crippen MR) is 72.9 cm³/mol. The second-order valence-corrected chi connectivity index (χ2v) is 5.33. The average Bonchev–Trinajstić information content (AvgIpc) is 2.64. The van der Waals surface area contributed by atoms with Gasteiger partial charge in [-0.1, -0.05) is 17.5 Å². The number of aromatic nitrogens is 3. The smallest absolute Gasteiger partial charge is 0.350 e. The van der Waals surface area contributed by atoms with Crippen LogP contribution in [0.1, 0.15) is 13.2 Å². The average molecular weight is 336 g/mol. The van der Waals surface area contributed by atoms with Crippen LogP contribution in [0, 0.1) is 11.3 Å². The van der Waals surface area contributed by atoms with E-state index in [1.807, 2.05) is 10.4 Å². The molecule has 8 nitrogen and oxygen atoms in total. The SMILES string of the molecule is C[C@@H](O)[C@H]1O[C@@H](n2cnc(=O)[nH]c2=O)C(Cl)(C#CCl)C1O. The monoisotopic (exact) mass is 335 g/mol. The van der Waals surface area contributed by atoms with E-state index in [9.17, 15) is 19.8 Å². The van der Waals surface area contributed by atoms with Crippen LogP contribution in [0.15, 0.2) is 15.9 Å². The van der Waals surface area contributed by atoms with Crippen LogP contribution in [0.2, 0.25) is 0 Å². The molecule has 0 radical (unpaired) electrons. The molecule has 2 heterocycles. The number of halogens is 2. The van der Waals surface area contributed by atoms with Crippen LogP contribution in [0.5, 0.6) is 0 Å². The maximum atomic E-state index is 11.8. The van der Waals surface area contributed by atoms with Crippen molar-refractivity contribution in [2.24, 2.45) is 0 Å². The molecule has 0 saturated carbocycles. The van der Waals surface area contributed by atoms with Crippen LogP contribution in [0.25, 0.3) is 0 Å². The molecule has 3 N–H and O–H groups in total. The van der Waals surface area contributed by atoms with E-state index in [4.69, 9.17) is 27.9 Å². The molecular weight excluding hydrogens is 325 g/mol. The number of alkyl halides is 1. The number of H-pyrrole nitrogens is 1. The Hall–Kier alpha value is -1.37. The summed E-state index contributed by atoms with van der Waals surface area (Å²) >= 11 is 11.6. The summed E-state index contributed by atoms with van der Waals surface area (Å²) in [7, 11) is 0. The van der Waals surface area contributed by atoms with E-state index in [2.05, 4.69) is 10.9 Å². The van der Waals surface area contributed by atoms with Crippen LogP contribution in [-0.4, -0.2) is 47.9 Å². The summed E-state index contributed by atoms with van der Waals surface area (Å²) in [5, 5.41) is 21.8. The normalized spacial score (nSPS) is 33.3. The number of rotatable bonds is 2. The Morgan fingerprint density at radius 1 is 1.62 bits per heavy atom. The number of aromatic amines is 1. The third-order valence-electron chi connectivity index (χ3n) is 3.10. The summed E-state index contributed by atoms with van der Waals surface area (Å²) in [4.78, 5) is 26.3. The Kier molecular flexibility index (Phi) is 4.41. The van der Waals surface area contributed by atoms with Gasteiger partial charge in [0.15, 0.2) is 11.1 Å². The standard InChI is InChI=1S/C11H11Cl2N3O5/c1-5(17)6-7(18)11(13,2-3-12)8(21-6)16-4-14-9(19)15-10(16)20/h4-8,17-18H,1H3,(H,15,19,20)/t5-,6-,7?,8-,11?/m1/s1. The highest BCUT2D eigenvalue weighted by molar-refractivity contribution is 6.32. The molecule has 5 atom stereocenters. The number of ether oxygens (including phenoxy) is 1. The summed E-state index contributed by atoms with van der Waals surface area (Å²) in [6, 6.07) is 0. The minimum Gasteiger partial charge on any atom is -0.391 e. The van der Waals surface area contributed by atoms with Crippen LogP contribution in [0.3, 0.4) is 0 Å². The van der Waals surface area contributed by atoms with Gasteiger partial charge in [0.1, 0.15) is 18.5 Å². The van der Waals surface area contributed by atoms with Crippen molar-refractivity contribution < 1.29 is 14.9 Å². The molecule has 1 saturated heterocycles. The molecule has 0 bridgehead atoms. The molecule has 0 amide bonds. The van der Waals surface area contributed by atoms with Crippen LogP contribution < -0.4 is 11.4 Å². The fourth-order valence-electron chi connectivity index (χ4n) is 2.08. The van der Waals surface area contributed by atoms with Gasteiger partial charge in [0.2, 0.25) is 0 Å². The van der Waals surface area contributed by atoms with Crippen molar-refractivity contribution in [1.29, 1.82) is 0 Å². The second kappa shape index (κ2) is 5.79. The predicted octanol–water partition coefficient (Wildman–Crippen LogP) is -1.25. The van der Waals surface area contributed by atoms with Gasteiger partial charge in [-0.05, 0) is 18.5 Å². The van der Waals surface area contributed by atoms with Gasteiger partial charge >= 0.3 is 11.4 Å². The molecule has 21 heavy (non-hydrogen) atoms. The minimum atomic E-state index is -1.78. The van der Waals surface area contributed by atoms with E-state index in [0.29, 0.717) is 0 Å². The fraction of sp³-hybridized carbons (Fsp3) is 0.545. The summed E-state index contributed by atoms with van der Waals surface area (Å²) in [5.41, 5.74) is -1.69. The molecule has 114 valence electrons. The first-order chi connectivity index (χ1) is 9.81. The molecule has 2 unspecified atom stereocenters. The topological polar surface area (TPSA) is 117 Å². The van der Waals surface area contributed by atoms with Crippen molar-refractivity contribution in [2.75, 3.05) is 0 Å². The van der Waals surface area contributed by atoms with Crippen molar-refractivity contribution >= 4 is 23.2 Å². The van der Waals surface area contributed by atoms with Crippen molar-refractivity contribution in [3.05, 3.63) is 27.3 Å². The molecule has 1 aromatic rings. The molecule has 1 aliphatic rings. The van der Waals surface area contributed by atoms with Gasteiger partial charge in [-0.3, -0.25) is 9.55 Å². The van der Waals surface area contributed by atoms with E-state index in [1.165, 1.54) is 6.92 Å². The molecule has 0 spiro atoms. The zero-order valence-electron chi connectivity index (χ0n) is 10.7. The zero-order chi connectivity index (χ0) is 15.8. The Bertz CT molecular complexity index is 706. The lowest BCUT2D eigenvalue weighted by molar-refractivity contribution is -0.0776. The lowest BCUT2D eigenvalue weighted by Crippen LogP contribution is -2.45. The van der Waals surface area contributed by atoms with Gasteiger partial charge in [0.05, 0.1) is 6.10 Å². The number of nitrogens with zero attached hydrogens (tertiary/aromatic N) is 2. The van der Waals surface area contributed by atoms with Gasteiger partial charge in [-0.2, -0.15) is 4.98 Å². The lowest BCUT2D eigenvalue weighted by Gasteiger charge is -2.25. The van der Waals surface area contributed by atoms with Crippen LogP contribution >= 0.6 is 23.2 Å². The third kappa shape index (κ3) is 2.71. The Balaban J connectivity index is 2.56. The maximum absolute atomic E-state index is 11.8. The maximum Gasteiger partial charge on any atom is 0.350 e. The Labute approximate surface area is 128 Å². The summed E-state index contributed by atoms with van der Waals surface area (Å²) < 4.78 is 6.28. The quantitative estimate of drug-likeness (QED) is 0.459. The van der Waals surface area contributed by atoms with Gasteiger partial charge in [0.25, 0.3) is 0 Å². The molecule has 0 aliphatic carbocycles. The van der Waals surface area contributed by atoms with E-state index < -0.39 is 40.8 Å². The molecular formula is C11H11Cl2N3O5. The van der Waals surface area contributed by atoms with E-state index in [0.717, 1.165) is 10.9 Å². The van der Waals surface area contributed by atoms with E-state index in [1.54, 1.807) is 0 Å². The molecule has 2 rings (SSSR count). The van der Waals surface area contributed by atoms with E-state index >= 15 is 0 Å². The van der Waals surface area contributed by atoms with Crippen molar-refractivity contribution in [1.82, 2.24) is 14.5 Å². The highest BCUT2D eigenvalue weighted by Gasteiger charge is 2.57. The largest absolute Gasteiger partial charge is 0.391 e. The number of hydrogen-bond acceptors (Lipinski definition) is 6. The number of hydrogen-bond donors (Lipinski definition) is 3. The van der Waals surface area contributed by atoms with Crippen molar-refractivity contribution in [2.45, 2.75) is 36.3 Å². The molecule has 1 aliphatic heterocycles. The highest BCUT2D eigenvalue weighted by atomic mass is 35.5. The first-order valence-electron chi connectivity index (χ1n) is 5.82. The zero-order valence-corrected chi connectivity index (χ0v) is 12.2. The first kappa shape index (κ1) is 16.0. The summed E-state index contributed by atoms with van der Waals surface area (Å²) in [5.74, 6) is 2.36. The minimum absolute atomic E-state index is 0.842. The Morgan fingerprint density at radius 3 is 2.81 bits per heavy atom. The number of aliphatic hydroxyl groups excluding tert-OH is 2. The Morgan fingerprint density at radius 2 is 2.29 bits per heavy atom. The molecule has 1 fully saturated rings. The van der Waals surface area contributed by atoms with Crippen molar-refractivity contribution in [3.8, 4) is 11.3 Å². The molecule has 1 aromatic heterocycles. The third-order valence-corrected chi connectivity index (χ3v) is 3.70. The van der Waals surface area contributed by atoms with Gasteiger partial charge in [-0.25, -0.2) is 9.59 Å². The summed E-state index contributed by atoms with van der Waals surface area (Å²) in [6.45, 7) is 1.38. The van der Waals surface area contributed by atoms with Crippen LogP contribution in [-0.2, 0) is 4.74 Å². The van der Waals surface area contributed by atoms with Crippen molar-refractivity contribution in [3.63, 3.8) is 0 Å². The molecule has 0 aromatic carbocycles. The van der Waals surface area contributed by atoms with E-state index in [-0.39, 0.29) is 0 Å². The first-order valence-corrected chi connectivity index (χ1v) is 6.57. The lowest BCUT2D eigenvalue weighted by atomic mass is 9.97. The fourth-order valence-corrected chi connectivity index (χ4v) is 2.62. The highest BCUT2D eigenvalue weighted by Crippen LogP contribution is 2.43. The second-order valence-electron chi connectivity index (χ2n) is 4.51. The molecule has 10 heteroatoms. The van der Waals surface area contributed by atoms with Gasteiger partial charge < -0.3 is 14.9 Å². The van der Waals surface area contributed by atoms with Gasteiger partial charge in [0, 0.05) is 5.38 Å². The number of nitrogens with one attached hydrogen (secondary N) is 1. The van der Waals surface area contributed by atoms with Crippen LogP contribution in [0.4, 0.5) is 0 Å². The summed E-state index contributed by atoms with van der Waals surface area (Å²) in [6.07, 6.45) is -3.97. The number of aliphatic hydroxyl groups is 2. The van der Waals surface area contributed by atoms with Gasteiger partial charge in [-0.15, -0.1) is 0 Å².